The van der Waals surface area contributed by atoms with Crippen LogP contribution in [0.4, 0.5) is 0 Å². The summed E-state index contributed by atoms with van der Waals surface area (Å²) in [7, 11) is 0. The van der Waals surface area contributed by atoms with Gasteiger partial charge in [0.2, 0.25) is 0 Å². The summed E-state index contributed by atoms with van der Waals surface area (Å²) in [5.74, 6) is 0. The smallest absolute Gasteiger partial charge is 0.0317 e. The molecule has 0 N–H and O–H groups in total. The molecule has 0 heterocycles. The predicted molar refractivity (Wildman–Crippen MR) is 57.2 cm³/mol. The maximum Gasteiger partial charge on any atom is -0.0317 e. The standard InChI is InChI=1S/C12H20/c1-5-8-12(4)10-7-9-11(3)6-2/h5-6,8H,1,7,9-10H2,2-4H3. The molecule has 0 heteroatoms. The largest absolute Gasteiger partial charge is 0.0991 e. The Bertz CT molecular complexity index is 182. The molecule has 0 aliphatic heterocycles. The molecule has 0 fully saturated rings. The molecule has 0 saturated heterocycles. The number of hydrogen-bond acceptors (Lipinski definition) is 0. The van der Waals surface area contributed by atoms with E-state index >= 15 is 0 Å². The molecule has 12 heavy (non-hydrogen) atoms. The van der Waals surface area contributed by atoms with Gasteiger partial charge in [0.25, 0.3) is 0 Å². The van der Waals surface area contributed by atoms with E-state index in [1.54, 1.807) is 0 Å². The van der Waals surface area contributed by atoms with Crippen LogP contribution in [0.3, 0.4) is 0 Å². The second-order valence-electron chi connectivity index (χ2n) is 3.24. The minimum absolute atomic E-state index is 1.19. The maximum atomic E-state index is 3.67. The van der Waals surface area contributed by atoms with E-state index < -0.39 is 0 Å². The van der Waals surface area contributed by atoms with Gasteiger partial charge in [0.05, 0.1) is 0 Å². The third kappa shape index (κ3) is 5.96. The molecule has 0 nitrogen and oxygen atoms in total. The molecule has 0 aromatic heterocycles. The summed E-state index contributed by atoms with van der Waals surface area (Å²) in [4.78, 5) is 0. The monoisotopic (exact) mass is 164 g/mol. The zero-order chi connectivity index (χ0) is 9.40. The van der Waals surface area contributed by atoms with E-state index in [0.29, 0.717) is 0 Å². The summed E-state index contributed by atoms with van der Waals surface area (Å²) in [5, 5.41) is 0. The third-order valence-corrected chi connectivity index (χ3v) is 2.04. The Morgan fingerprint density at radius 3 is 2.25 bits per heavy atom. The minimum atomic E-state index is 1.19. The summed E-state index contributed by atoms with van der Waals surface area (Å²) >= 11 is 0. The fourth-order valence-electron chi connectivity index (χ4n) is 1.07. The summed E-state index contributed by atoms with van der Waals surface area (Å²) < 4.78 is 0. The first kappa shape index (κ1) is 11.2. The Kier molecular flexibility index (Phi) is 6.45. The van der Waals surface area contributed by atoms with E-state index in [4.69, 9.17) is 0 Å². The molecule has 0 aliphatic rings. The van der Waals surface area contributed by atoms with Crippen LogP contribution in [0, 0.1) is 0 Å². The summed E-state index contributed by atoms with van der Waals surface area (Å²) in [6, 6.07) is 0. The van der Waals surface area contributed by atoms with Crippen LogP contribution in [0.1, 0.15) is 40.0 Å². The van der Waals surface area contributed by atoms with Crippen LogP contribution in [-0.2, 0) is 0 Å². The highest BCUT2D eigenvalue weighted by Crippen LogP contribution is 2.11. The quantitative estimate of drug-likeness (QED) is 0.421. The minimum Gasteiger partial charge on any atom is -0.0991 e. The van der Waals surface area contributed by atoms with Crippen LogP contribution < -0.4 is 0 Å². The molecular formula is C12H20. The molecule has 0 spiro atoms. The van der Waals surface area contributed by atoms with Gasteiger partial charge in [-0.1, -0.05) is 36.0 Å². The van der Waals surface area contributed by atoms with Gasteiger partial charge in [-0.15, -0.1) is 0 Å². The van der Waals surface area contributed by atoms with Crippen molar-refractivity contribution in [3.63, 3.8) is 0 Å². The SMILES string of the molecule is C=CC=C(C)CCCC(C)=CC. The summed E-state index contributed by atoms with van der Waals surface area (Å²) in [6.45, 7) is 10.1. The zero-order valence-electron chi connectivity index (χ0n) is 8.56. The van der Waals surface area contributed by atoms with E-state index in [0.717, 1.165) is 0 Å². The first-order valence-corrected chi connectivity index (χ1v) is 4.60. The van der Waals surface area contributed by atoms with Crippen LogP contribution in [0.2, 0.25) is 0 Å². The van der Waals surface area contributed by atoms with Crippen molar-refractivity contribution in [2.45, 2.75) is 40.0 Å². The molecule has 0 atom stereocenters. The van der Waals surface area contributed by atoms with Crippen molar-refractivity contribution >= 4 is 0 Å². The molecule has 0 bridgehead atoms. The highest BCUT2D eigenvalue weighted by atomic mass is 14.0. The van der Waals surface area contributed by atoms with Crippen LogP contribution in [0.25, 0.3) is 0 Å². The Labute approximate surface area is 76.7 Å². The van der Waals surface area contributed by atoms with Crippen LogP contribution in [0.5, 0.6) is 0 Å². The second-order valence-corrected chi connectivity index (χ2v) is 3.24. The zero-order valence-corrected chi connectivity index (χ0v) is 8.56. The fraction of sp³-hybridized carbons (Fsp3) is 0.500. The molecule has 0 amide bonds. The van der Waals surface area contributed by atoms with Crippen molar-refractivity contribution < 1.29 is 0 Å². The van der Waals surface area contributed by atoms with Crippen molar-refractivity contribution in [1.82, 2.24) is 0 Å². The fourth-order valence-corrected chi connectivity index (χ4v) is 1.07. The van der Waals surface area contributed by atoms with E-state index in [1.165, 1.54) is 30.4 Å². The lowest BCUT2D eigenvalue weighted by atomic mass is 10.1. The summed E-state index contributed by atoms with van der Waals surface area (Å²) in [6.07, 6.45) is 9.80. The Hall–Kier alpha value is -0.780. The average Bonchev–Trinajstić information content (AvgIpc) is 2.04. The highest BCUT2D eigenvalue weighted by Gasteiger charge is 1.91. The Morgan fingerprint density at radius 2 is 1.75 bits per heavy atom. The van der Waals surface area contributed by atoms with Crippen molar-refractivity contribution in [1.29, 1.82) is 0 Å². The van der Waals surface area contributed by atoms with Crippen LogP contribution >= 0.6 is 0 Å². The van der Waals surface area contributed by atoms with Gasteiger partial charge >= 0.3 is 0 Å². The van der Waals surface area contributed by atoms with Gasteiger partial charge in [-0.05, 0) is 40.0 Å². The van der Waals surface area contributed by atoms with Gasteiger partial charge in [-0.2, -0.15) is 0 Å². The molecule has 0 radical (unpaired) electrons. The molecular weight excluding hydrogens is 144 g/mol. The molecule has 0 aromatic rings. The molecule has 68 valence electrons. The normalized spacial score (nSPS) is 13.2. The van der Waals surface area contributed by atoms with Gasteiger partial charge in [0, 0.05) is 0 Å². The first-order valence-electron chi connectivity index (χ1n) is 4.60. The first-order chi connectivity index (χ1) is 5.70. The molecule has 0 aromatic carbocycles. The van der Waals surface area contributed by atoms with Gasteiger partial charge in [0.15, 0.2) is 0 Å². The van der Waals surface area contributed by atoms with Crippen molar-refractivity contribution in [3.05, 3.63) is 36.0 Å². The van der Waals surface area contributed by atoms with Gasteiger partial charge in [0.1, 0.15) is 0 Å². The lowest BCUT2D eigenvalue weighted by molar-refractivity contribution is 0.802. The predicted octanol–water partition coefficient (Wildman–Crippen LogP) is 4.26. The highest BCUT2D eigenvalue weighted by molar-refractivity contribution is 5.08. The second kappa shape index (κ2) is 6.90. The lowest BCUT2D eigenvalue weighted by Crippen LogP contribution is -1.80. The van der Waals surface area contributed by atoms with E-state index in [1.807, 2.05) is 6.08 Å². The number of rotatable bonds is 5. The molecule has 0 unspecified atom stereocenters. The van der Waals surface area contributed by atoms with Crippen LogP contribution in [0.15, 0.2) is 36.0 Å². The summed E-state index contributed by atoms with van der Waals surface area (Å²) in [5.41, 5.74) is 2.91. The van der Waals surface area contributed by atoms with E-state index in [2.05, 4.69) is 39.5 Å². The molecule has 0 rings (SSSR count). The van der Waals surface area contributed by atoms with Gasteiger partial charge in [-0.25, -0.2) is 0 Å². The van der Waals surface area contributed by atoms with Crippen molar-refractivity contribution in [2.75, 3.05) is 0 Å². The molecule has 0 saturated carbocycles. The van der Waals surface area contributed by atoms with Gasteiger partial charge in [-0.3, -0.25) is 0 Å². The Balaban J connectivity index is 3.56. The average molecular weight is 164 g/mol. The Morgan fingerprint density at radius 1 is 1.17 bits per heavy atom. The van der Waals surface area contributed by atoms with Gasteiger partial charge < -0.3 is 0 Å². The maximum absolute atomic E-state index is 3.67. The third-order valence-electron chi connectivity index (χ3n) is 2.04. The lowest BCUT2D eigenvalue weighted by Gasteiger charge is -2.00. The number of hydrogen-bond donors (Lipinski definition) is 0. The van der Waals surface area contributed by atoms with Crippen LogP contribution in [-0.4, -0.2) is 0 Å². The van der Waals surface area contributed by atoms with E-state index in [-0.39, 0.29) is 0 Å². The van der Waals surface area contributed by atoms with Crippen molar-refractivity contribution in [2.24, 2.45) is 0 Å². The van der Waals surface area contributed by atoms with E-state index in [9.17, 15) is 0 Å². The number of allylic oxidation sites excluding steroid dienone is 5. The topological polar surface area (TPSA) is 0 Å². The van der Waals surface area contributed by atoms with Crippen molar-refractivity contribution in [3.8, 4) is 0 Å². The molecule has 0 aliphatic carbocycles.